The molecule has 3 aliphatic rings. The van der Waals surface area contributed by atoms with Crippen LogP contribution in [0.3, 0.4) is 0 Å². The molecule has 5 aromatic rings. The van der Waals surface area contributed by atoms with E-state index in [0.717, 1.165) is 35.2 Å². The number of hydrogen-bond donors (Lipinski definition) is 1. The Balaban J connectivity index is 0.945. The summed E-state index contributed by atoms with van der Waals surface area (Å²) in [5, 5.41) is 13.0. The quantitative estimate of drug-likeness (QED) is 0.267. The van der Waals surface area contributed by atoms with Gasteiger partial charge in [-0.3, -0.25) is 19.0 Å². The van der Waals surface area contributed by atoms with Crippen LogP contribution in [0.1, 0.15) is 46.1 Å². The Bertz CT molecular complexity index is 2120. The van der Waals surface area contributed by atoms with Crippen LogP contribution in [0.25, 0.3) is 16.7 Å². The molecule has 52 heavy (non-hydrogen) atoms. The minimum absolute atomic E-state index is 0.0380. The van der Waals surface area contributed by atoms with Gasteiger partial charge in [0.25, 0.3) is 11.5 Å². The van der Waals surface area contributed by atoms with Gasteiger partial charge in [0.1, 0.15) is 11.2 Å². The Labute approximate surface area is 305 Å². The van der Waals surface area contributed by atoms with Crippen LogP contribution < -0.4 is 10.5 Å². The minimum atomic E-state index is -1.15. The maximum Gasteiger partial charge on any atom is 0.265 e. The summed E-state index contributed by atoms with van der Waals surface area (Å²) in [5.74, 6) is -0.455. The molecule has 3 saturated heterocycles. The standard InChI is InChI=1S/C39H43N7O5S/c1-27-33(52-38(41-27)43-20-22-51-23-21-43)37(49)44-16-12-30(32(24-44)28-8-4-2-5-9-28)35(47)42-18-14-39(50,15-19-42)25-45-26-40-34-31(36(45)48)13-17-46(34)29-10-6-3-7-11-29/h2-11,13,17,26,30,32,50H,12,14-16,18-25H2,1H3/t30-,32+/m1/s1. The molecular formula is C39H43N7O5S. The second kappa shape index (κ2) is 14.3. The molecule has 3 fully saturated rings. The molecular weight excluding hydrogens is 679 g/mol. The van der Waals surface area contributed by atoms with Crippen molar-refractivity contribution in [2.45, 2.75) is 44.2 Å². The zero-order valence-corrected chi connectivity index (χ0v) is 30.1. The minimum Gasteiger partial charge on any atom is -0.388 e. The van der Waals surface area contributed by atoms with E-state index in [2.05, 4.69) is 9.88 Å². The first-order valence-electron chi connectivity index (χ1n) is 18.1. The fraction of sp³-hybridized carbons (Fsp3) is 0.410. The van der Waals surface area contributed by atoms with Gasteiger partial charge >= 0.3 is 0 Å². The lowest BCUT2D eigenvalue weighted by atomic mass is 9.79. The van der Waals surface area contributed by atoms with Crippen LogP contribution >= 0.6 is 11.3 Å². The van der Waals surface area contributed by atoms with Gasteiger partial charge in [0.05, 0.1) is 36.4 Å². The van der Waals surface area contributed by atoms with E-state index >= 15 is 0 Å². The number of fused-ring (bicyclic) bond motifs is 1. The average molecular weight is 722 g/mol. The number of morpholine rings is 1. The molecule has 3 aromatic heterocycles. The van der Waals surface area contributed by atoms with Crippen molar-refractivity contribution in [1.29, 1.82) is 0 Å². The molecule has 2 atom stereocenters. The van der Waals surface area contributed by atoms with E-state index in [1.807, 2.05) is 88.2 Å². The predicted molar refractivity (Wildman–Crippen MR) is 199 cm³/mol. The first kappa shape index (κ1) is 34.2. The summed E-state index contributed by atoms with van der Waals surface area (Å²) in [6.07, 6.45) is 4.58. The Morgan fingerprint density at radius 1 is 0.942 bits per heavy atom. The van der Waals surface area contributed by atoms with Gasteiger partial charge in [-0.2, -0.15) is 0 Å². The largest absolute Gasteiger partial charge is 0.388 e. The second-order valence-corrected chi connectivity index (χ2v) is 15.1. The number of aryl methyl sites for hydroxylation is 1. The van der Waals surface area contributed by atoms with E-state index in [-0.39, 0.29) is 35.8 Å². The third kappa shape index (κ3) is 6.64. The number of benzene rings is 2. The lowest BCUT2D eigenvalue weighted by Gasteiger charge is -2.43. The third-order valence-electron chi connectivity index (χ3n) is 10.9. The highest BCUT2D eigenvalue weighted by Gasteiger charge is 2.42. The Morgan fingerprint density at radius 3 is 2.38 bits per heavy atom. The highest BCUT2D eigenvalue weighted by atomic mass is 32.1. The Hall–Kier alpha value is -4.85. The van der Waals surface area contributed by atoms with Crippen molar-refractivity contribution in [1.82, 2.24) is 28.9 Å². The van der Waals surface area contributed by atoms with Crippen LogP contribution in [0.5, 0.6) is 0 Å². The number of rotatable bonds is 7. The Morgan fingerprint density at radius 2 is 1.65 bits per heavy atom. The molecule has 0 unspecified atom stereocenters. The lowest BCUT2D eigenvalue weighted by molar-refractivity contribution is -0.142. The normalized spacial score (nSPS) is 20.7. The van der Waals surface area contributed by atoms with Crippen LogP contribution in [0.15, 0.2) is 84.0 Å². The fourth-order valence-electron chi connectivity index (χ4n) is 7.90. The molecule has 0 spiro atoms. The number of thiazole rings is 1. The molecule has 0 saturated carbocycles. The first-order chi connectivity index (χ1) is 25.3. The molecule has 8 rings (SSSR count). The van der Waals surface area contributed by atoms with Crippen molar-refractivity contribution in [2.75, 3.05) is 57.4 Å². The average Bonchev–Trinajstić information content (AvgIpc) is 3.81. The van der Waals surface area contributed by atoms with Crippen LogP contribution in [0, 0.1) is 12.8 Å². The highest BCUT2D eigenvalue weighted by Crippen LogP contribution is 2.37. The van der Waals surface area contributed by atoms with E-state index < -0.39 is 5.60 Å². The van der Waals surface area contributed by atoms with Gasteiger partial charge in [-0.15, -0.1) is 0 Å². The van der Waals surface area contributed by atoms with E-state index in [0.29, 0.717) is 74.6 Å². The summed E-state index contributed by atoms with van der Waals surface area (Å²) in [6, 6.07) is 21.5. The highest BCUT2D eigenvalue weighted by molar-refractivity contribution is 7.17. The number of piperidine rings is 2. The Kier molecular flexibility index (Phi) is 9.41. The molecule has 0 bridgehead atoms. The number of anilines is 1. The summed E-state index contributed by atoms with van der Waals surface area (Å²) in [5.41, 5.74) is 1.89. The van der Waals surface area contributed by atoms with Crippen molar-refractivity contribution in [3.8, 4) is 5.69 Å². The predicted octanol–water partition coefficient (Wildman–Crippen LogP) is 4.09. The topological polar surface area (TPSA) is 126 Å². The van der Waals surface area contributed by atoms with Gasteiger partial charge in [-0.05, 0) is 49.9 Å². The van der Waals surface area contributed by atoms with Gasteiger partial charge in [0.2, 0.25) is 5.91 Å². The summed E-state index contributed by atoms with van der Waals surface area (Å²) >= 11 is 1.44. The molecule has 2 amide bonds. The monoisotopic (exact) mass is 721 g/mol. The third-order valence-corrected chi connectivity index (χ3v) is 12.1. The van der Waals surface area contributed by atoms with Gasteiger partial charge in [-0.1, -0.05) is 59.9 Å². The number of nitrogens with zero attached hydrogens (tertiary/aromatic N) is 7. The van der Waals surface area contributed by atoms with Crippen molar-refractivity contribution in [2.24, 2.45) is 5.92 Å². The van der Waals surface area contributed by atoms with Gasteiger partial charge in [-0.25, -0.2) is 9.97 Å². The van der Waals surface area contributed by atoms with Crippen molar-refractivity contribution in [3.63, 3.8) is 0 Å². The van der Waals surface area contributed by atoms with Crippen LogP contribution in [-0.4, -0.2) is 104 Å². The van der Waals surface area contributed by atoms with Gasteiger partial charge in [0.15, 0.2) is 10.8 Å². The van der Waals surface area contributed by atoms with Gasteiger partial charge in [0, 0.05) is 63.0 Å². The number of aliphatic hydroxyl groups is 1. The summed E-state index contributed by atoms with van der Waals surface area (Å²) in [7, 11) is 0. The smallest absolute Gasteiger partial charge is 0.265 e. The van der Waals surface area contributed by atoms with Crippen LogP contribution in [-0.2, 0) is 16.1 Å². The number of hydrogen-bond acceptors (Lipinski definition) is 9. The molecule has 1 N–H and O–H groups in total. The number of para-hydroxylation sites is 1. The van der Waals surface area contributed by atoms with E-state index in [1.165, 1.54) is 22.2 Å². The number of ether oxygens (including phenoxy) is 1. The van der Waals surface area contributed by atoms with Crippen LogP contribution in [0.4, 0.5) is 5.13 Å². The fourth-order valence-corrected chi connectivity index (χ4v) is 8.99. The van der Waals surface area contributed by atoms with E-state index in [9.17, 15) is 19.5 Å². The molecule has 0 radical (unpaired) electrons. The molecule has 2 aromatic carbocycles. The number of aromatic nitrogens is 4. The van der Waals surface area contributed by atoms with Crippen molar-refractivity contribution >= 4 is 39.3 Å². The van der Waals surface area contributed by atoms with Crippen molar-refractivity contribution < 1.29 is 19.4 Å². The SMILES string of the molecule is Cc1nc(N2CCOCC2)sc1C(=O)N1CC[C@@H](C(=O)N2CCC(O)(Cn3cnc4c(ccn4-c4ccccc4)c3=O)CC2)[C@H](c2ccccc2)C1. The molecule has 3 aliphatic heterocycles. The zero-order valence-electron chi connectivity index (χ0n) is 29.3. The summed E-state index contributed by atoms with van der Waals surface area (Å²) < 4.78 is 8.86. The molecule has 0 aliphatic carbocycles. The number of likely N-dealkylation sites (tertiary alicyclic amines) is 2. The maximum atomic E-state index is 14.3. The number of carbonyl (C=O) groups is 2. The van der Waals surface area contributed by atoms with E-state index in [4.69, 9.17) is 9.72 Å². The molecule has 13 heteroatoms. The summed E-state index contributed by atoms with van der Waals surface area (Å²) in [4.78, 5) is 57.6. The van der Waals surface area contributed by atoms with E-state index in [1.54, 1.807) is 6.07 Å². The summed E-state index contributed by atoms with van der Waals surface area (Å²) in [6.45, 7) is 6.49. The second-order valence-electron chi connectivity index (χ2n) is 14.2. The zero-order chi connectivity index (χ0) is 35.8. The molecule has 12 nitrogen and oxygen atoms in total. The number of amides is 2. The van der Waals surface area contributed by atoms with Gasteiger partial charge < -0.3 is 29.1 Å². The molecule has 6 heterocycles. The number of carbonyl (C=O) groups excluding carboxylic acids is 2. The molecule has 270 valence electrons. The van der Waals surface area contributed by atoms with Crippen molar-refractivity contribution in [3.05, 3.63) is 106 Å². The lowest BCUT2D eigenvalue weighted by Crippen LogP contribution is -2.53. The van der Waals surface area contributed by atoms with Crippen LogP contribution in [0.2, 0.25) is 0 Å². The first-order valence-corrected chi connectivity index (χ1v) is 18.9. The maximum absolute atomic E-state index is 14.3.